The van der Waals surface area contributed by atoms with Crippen molar-refractivity contribution in [2.24, 2.45) is 0 Å². The molecule has 1 aromatic carbocycles. The summed E-state index contributed by atoms with van der Waals surface area (Å²) < 4.78 is 33.7. The van der Waals surface area contributed by atoms with Crippen molar-refractivity contribution in [3.63, 3.8) is 0 Å². The Balaban J connectivity index is 1.40. The molecule has 0 bridgehead atoms. The molecule has 2 atom stereocenters. The average molecular weight is 645 g/mol. The fourth-order valence-electron chi connectivity index (χ4n) is 6.18. The Kier molecular flexibility index (Phi) is 9.13. The molecule has 0 spiro atoms. The molecule has 0 unspecified atom stereocenters. The van der Waals surface area contributed by atoms with Crippen LogP contribution in [-0.4, -0.2) is 70.8 Å². The number of halogens is 1. The van der Waals surface area contributed by atoms with E-state index in [2.05, 4.69) is 9.62 Å². The zero-order chi connectivity index (χ0) is 31.8. The third-order valence-corrected chi connectivity index (χ3v) is 8.81. The van der Waals surface area contributed by atoms with Gasteiger partial charge in [-0.3, -0.25) is 14.3 Å². The van der Waals surface area contributed by atoms with E-state index in [0.717, 1.165) is 62.0 Å². The van der Waals surface area contributed by atoms with Gasteiger partial charge >= 0.3 is 5.97 Å². The lowest BCUT2D eigenvalue weighted by molar-refractivity contribution is -0.155. The fraction of sp³-hybridized carbons (Fsp3) is 0.548. The van der Waals surface area contributed by atoms with Crippen LogP contribution in [0.1, 0.15) is 93.4 Å². The van der Waals surface area contributed by atoms with Gasteiger partial charge in [0.05, 0.1) is 29.2 Å². The van der Waals surface area contributed by atoms with E-state index in [1.54, 1.807) is 15.5 Å². The number of fused-ring (bicyclic) bond motifs is 1. The molecule has 1 N–H and O–H groups in total. The summed E-state index contributed by atoms with van der Waals surface area (Å²) in [5, 5.41) is 5.19. The molecule has 11 nitrogen and oxygen atoms in total. The van der Waals surface area contributed by atoms with Gasteiger partial charge in [0.25, 0.3) is 5.91 Å². The molecule has 2 aromatic heterocycles. The molecule has 13 heteroatoms. The molecule has 0 saturated carbocycles. The molecule has 4 heterocycles. The minimum atomic E-state index is -3.61. The van der Waals surface area contributed by atoms with Gasteiger partial charge in [-0.1, -0.05) is 11.6 Å². The number of hydrogen-bond acceptors (Lipinski definition) is 8. The Morgan fingerprint density at radius 2 is 1.89 bits per heavy atom. The second-order valence-electron chi connectivity index (χ2n) is 12.8. The lowest BCUT2D eigenvalue weighted by Gasteiger charge is -2.35. The molecule has 5 rings (SSSR count). The summed E-state index contributed by atoms with van der Waals surface area (Å²) >= 11 is 6.23. The molecule has 0 radical (unpaired) electrons. The predicted octanol–water partition coefficient (Wildman–Crippen LogP) is 5.52. The zero-order valence-corrected chi connectivity index (χ0v) is 27.5. The molecule has 2 aliphatic rings. The molecule has 2 aliphatic heterocycles. The van der Waals surface area contributed by atoms with Crippen molar-refractivity contribution in [3.05, 3.63) is 52.3 Å². The standard InChI is InChI=1S/C31H41ClN6O5S/c1-20-19-38-27(33-29(20)36-16-8-9-22(36)12-14-28(39)43-31(2,3)4)18-25(34-38)26-10-6-7-15-37(26)30(40)23-17-21(32)11-13-24(23)35-44(5,41)42/h11,13,17-19,22,26,35H,6-10,12,14-16H2,1-5H3/t22-,26-/m0/s1. The van der Waals surface area contributed by atoms with Crippen molar-refractivity contribution >= 4 is 50.7 Å². The smallest absolute Gasteiger partial charge is 0.306 e. The van der Waals surface area contributed by atoms with Gasteiger partial charge in [0.2, 0.25) is 10.0 Å². The highest BCUT2D eigenvalue weighted by Gasteiger charge is 2.33. The summed E-state index contributed by atoms with van der Waals surface area (Å²) in [6, 6.07) is 6.37. The Labute approximate surface area is 264 Å². The van der Waals surface area contributed by atoms with Crippen molar-refractivity contribution in [2.75, 3.05) is 29.0 Å². The first-order chi connectivity index (χ1) is 20.7. The van der Waals surface area contributed by atoms with Crippen LogP contribution in [0.25, 0.3) is 5.65 Å². The number of anilines is 2. The number of nitrogens with zero attached hydrogens (tertiary/aromatic N) is 5. The second-order valence-corrected chi connectivity index (χ2v) is 15.0. The average Bonchev–Trinajstić information content (AvgIpc) is 3.57. The maximum absolute atomic E-state index is 13.9. The first-order valence-corrected chi connectivity index (χ1v) is 17.4. The number of ether oxygens (including phenoxy) is 1. The van der Waals surface area contributed by atoms with E-state index in [1.165, 1.54) is 12.1 Å². The number of likely N-dealkylation sites (tertiary alicyclic amines) is 1. The van der Waals surface area contributed by atoms with Crippen LogP contribution in [0.4, 0.5) is 11.5 Å². The fourth-order valence-corrected chi connectivity index (χ4v) is 6.93. The van der Waals surface area contributed by atoms with Crippen molar-refractivity contribution in [3.8, 4) is 0 Å². The van der Waals surface area contributed by atoms with Crippen LogP contribution in [0.15, 0.2) is 30.5 Å². The lowest BCUT2D eigenvalue weighted by atomic mass is 9.98. The number of esters is 1. The first kappa shape index (κ1) is 32.0. The summed E-state index contributed by atoms with van der Waals surface area (Å²) in [6.45, 7) is 9.01. The summed E-state index contributed by atoms with van der Waals surface area (Å²) in [5.41, 5.74) is 2.26. The minimum Gasteiger partial charge on any atom is -0.460 e. The molecule has 1 amide bonds. The first-order valence-electron chi connectivity index (χ1n) is 15.1. The number of benzene rings is 1. The topological polar surface area (TPSA) is 126 Å². The van der Waals surface area contributed by atoms with E-state index in [-0.39, 0.29) is 35.2 Å². The number of carbonyl (C=O) groups excluding carboxylic acids is 2. The van der Waals surface area contributed by atoms with Crippen molar-refractivity contribution in [1.29, 1.82) is 0 Å². The predicted molar refractivity (Wildman–Crippen MR) is 171 cm³/mol. The van der Waals surface area contributed by atoms with E-state index in [9.17, 15) is 18.0 Å². The van der Waals surface area contributed by atoms with E-state index in [1.807, 2.05) is 40.0 Å². The Morgan fingerprint density at radius 3 is 2.61 bits per heavy atom. The number of amides is 1. The number of rotatable bonds is 8. The highest BCUT2D eigenvalue weighted by molar-refractivity contribution is 7.92. The number of hydrogen-bond donors (Lipinski definition) is 1. The summed E-state index contributed by atoms with van der Waals surface area (Å²) in [6.07, 6.45) is 8.54. The SMILES string of the molecule is Cc1cn2nc([C@@H]3CCCCN3C(=O)c3cc(Cl)ccc3NS(C)(=O)=O)cc2nc1N1CCC[C@H]1CCC(=O)OC(C)(C)C. The normalized spacial score (nSPS) is 19.4. The summed E-state index contributed by atoms with van der Waals surface area (Å²) in [5.74, 6) is 0.381. The molecule has 2 fully saturated rings. The molecule has 0 aliphatic carbocycles. The quantitative estimate of drug-likeness (QED) is 0.318. The molecular formula is C31H41ClN6O5S. The van der Waals surface area contributed by atoms with Gasteiger partial charge in [0.15, 0.2) is 5.65 Å². The van der Waals surface area contributed by atoms with Gasteiger partial charge in [0, 0.05) is 48.4 Å². The van der Waals surface area contributed by atoms with Crippen LogP contribution >= 0.6 is 11.6 Å². The Bertz CT molecular complexity index is 1670. The summed E-state index contributed by atoms with van der Waals surface area (Å²) in [4.78, 5) is 35.3. The maximum atomic E-state index is 13.9. The summed E-state index contributed by atoms with van der Waals surface area (Å²) in [7, 11) is -3.61. The monoisotopic (exact) mass is 644 g/mol. The van der Waals surface area contributed by atoms with Gasteiger partial charge in [-0.2, -0.15) is 5.10 Å². The van der Waals surface area contributed by atoms with E-state index in [4.69, 9.17) is 26.4 Å². The Hall–Kier alpha value is -3.38. The van der Waals surface area contributed by atoms with Crippen LogP contribution in [0, 0.1) is 6.92 Å². The van der Waals surface area contributed by atoms with Gasteiger partial charge in [-0.05, 0) is 84.4 Å². The third-order valence-electron chi connectivity index (χ3n) is 7.99. The number of aryl methyl sites for hydroxylation is 1. The number of carbonyl (C=O) groups is 2. The van der Waals surface area contributed by atoms with Crippen LogP contribution in [0.3, 0.4) is 0 Å². The molecule has 3 aromatic rings. The van der Waals surface area contributed by atoms with Crippen LogP contribution < -0.4 is 9.62 Å². The van der Waals surface area contributed by atoms with Crippen molar-refractivity contribution in [2.45, 2.75) is 90.3 Å². The van der Waals surface area contributed by atoms with Gasteiger partial charge in [-0.15, -0.1) is 0 Å². The van der Waals surface area contributed by atoms with Crippen LogP contribution in [-0.2, 0) is 19.6 Å². The van der Waals surface area contributed by atoms with Crippen LogP contribution in [0.5, 0.6) is 0 Å². The van der Waals surface area contributed by atoms with Gasteiger partial charge in [-0.25, -0.2) is 17.9 Å². The highest BCUT2D eigenvalue weighted by Crippen LogP contribution is 2.35. The largest absolute Gasteiger partial charge is 0.460 e. The minimum absolute atomic E-state index is 0.187. The van der Waals surface area contributed by atoms with Crippen molar-refractivity contribution in [1.82, 2.24) is 19.5 Å². The number of sulfonamides is 1. The zero-order valence-electron chi connectivity index (χ0n) is 26.0. The third kappa shape index (κ3) is 7.46. The lowest BCUT2D eigenvalue weighted by Crippen LogP contribution is -2.39. The molecule has 44 heavy (non-hydrogen) atoms. The molecular weight excluding hydrogens is 604 g/mol. The van der Waals surface area contributed by atoms with Crippen LogP contribution in [0.2, 0.25) is 5.02 Å². The van der Waals surface area contributed by atoms with E-state index < -0.39 is 15.6 Å². The second kappa shape index (κ2) is 12.5. The van der Waals surface area contributed by atoms with Crippen molar-refractivity contribution < 1.29 is 22.7 Å². The number of aromatic nitrogens is 3. The molecule has 238 valence electrons. The van der Waals surface area contributed by atoms with E-state index >= 15 is 0 Å². The molecule has 2 saturated heterocycles. The number of nitrogens with one attached hydrogen (secondary N) is 1. The van der Waals surface area contributed by atoms with E-state index in [0.29, 0.717) is 30.1 Å². The number of piperidine rings is 1. The van der Waals surface area contributed by atoms with Gasteiger partial charge < -0.3 is 14.5 Å². The maximum Gasteiger partial charge on any atom is 0.306 e. The Morgan fingerprint density at radius 1 is 1.11 bits per heavy atom. The van der Waals surface area contributed by atoms with Gasteiger partial charge in [0.1, 0.15) is 11.4 Å². The highest BCUT2D eigenvalue weighted by atomic mass is 35.5.